The van der Waals surface area contributed by atoms with Crippen LogP contribution in [0.15, 0.2) is 24.3 Å². The Balaban J connectivity index is 2.78. The van der Waals surface area contributed by atoms with Crippen molar-refractivity contribution >= 4 is 11.8 Å². The van der Waals surface area contributed by atoms with Crippen molar-refractivity contribution in [3.63, 3.8) is 0 Å². The van der Waals surface area contributed by atoms with Crippen molar-refractivity contribution in [1.29, 1.82) is 0 Å². The molecule has 78 valence electrons. The molecule has 0 heterocycles. The van der Waals surface area contributed by atoms with Gasteiger partial charge in [-0.25, -0.2) is 4.84 Å². The number of rotatable bonds is 4. The van der Waals surface area contributed by atoms with Crippen LogP contribution < -0.4 is 9.57 Å². The van der Waals surface area contributed by atoms with Gasteiger partial charge in [-0.05, 0) is 50.2 Å². The molecule has 0 radical (unpaired) electrons. The van der Waals surface area contributed by atoms with Crippen molar-refractivity contribution in [2.24, 2.45) is 0 Å². The average molecular weight is 214 g/mol. The van der Waals surface area contributed by atoms with Crippen molar-refractivity contribution in [3.8, 4) is 5.75 Å². The third-order valence-corrected chi connectivity index (χ3v) is 2.22. The number of hydrogen-bond acceptors (Lipinski definition) is 2. The van der Waals surface area contributed by atoms with Crippen molar-refractivity contribution in [3.05, 3.63) is 29.8 Å². The molecule has 0 saturated heterocycles. The minimum atomic E-state index is 0.132. The highest BCUT2D eigenvalue weighted by atomic mass is 35.5. The van der Waals surface area contributed by atoms with Crippen LogP contribution in [-0.4, -0.2) is 6.10 Å². The molecule has 0 aliphatic heterocycles. The summed E-state index contributed by atoms with van der Waals surface area (Å²) in [5, 5.41) is 0. The lowest BCUT2D eigenvalue weighted by Crippen LogP contribution is -2.08. The molecule has 0 aliphatic carbocycles. The molecule has 0 fully saturated rings. The Morgan fingerprint density at radius 1 is 1.29 bits per heavy atom. The molecular weight excluding hydrogens is 198 g/mol. The summed E-state index contributed by atoms with van der Waals surface area (Å²) in [7, 11) is 0. The largest absolute Gasteiger partial charge is 0.491 e. The minimum Gasteiger partial charge on any atom is -0.491 e. The Kier molecular flexibility index (Phi) is 4.23. The van der Waals surface area contributed by atoms with Crippen molar-refractivity contribution in [2.75, 3.05) is 0 Å². The summed E-state index contributed by atoms with van der Waals surface area (Å²) in [6.45, 7) is 6.02. The van der Waals surface area contributed by atoms with Gasteiger partial charge < -0.3 is 4.74 Å². The van der Waals surface area contributed by atoms with E-state index < -0.39 is 0 Å². The predicted octanol–water partition coefficient (Wildman–Crippen LogP) is 3.28. The molecular formula is C11H16ClNO. The summed E-state index contributed by atoms with van der Waals surface area (Å²) in [6, 6.07) is 8.07. The highest BCUT2D eigenvalue weighted by Crippen LogP contribution is 2.20. The van der Waals surface area contributed by atoms with Gasteiger partial charge in [-0.2, -0.15) is 0 Å². The van der Waals surface area contributed by atoms with E-state index in [1.54, 1.807) is 0 Å². The number of benzene rings is 1. The summed E-state index contributed by atoms with van der Waals surface area (Å²) in [5.41, 5.74) is 1.12. The zero-order valence-electron chi connectivity index (χ0n) is 8.75. The van der Waals surface area contributed by atoms with Crippen LogP contribution in [0, 0.1) is 0 Å². The fourth-order valence-corrected chi connectivity index (χ4v) is 1.32. The van der Waals surface area contributed by atoms with Crippen LogP contribution in [0.1, 0.15) is 32.4 Å². The molecule has 0 aliphatic rings. The zero-order chi connectivity index (χ0) is 10.6. The normalized spacial score (nSPS) is 12.9. The van der Waals surface area contributed by atoms with Gasteiger partial charge in [0.25, 0.3) is 0 Å². The van der Waals surface area contributed by atoms with E-state index in [9.17, 15) is 0 Å². The highest BCUT2D eigenvalue weighted by molar-refractivity contribution is 6.13. The van der Waals surface area contributed by atoms with Gasteiger partial charge in [-0.1, -0.05) is 12.1 Å². The third kappa shape index (κ3) is 3.20. The second-order valence-electron chi connectivity index (χ2n) is 3.57. The summed E-state index contributed by atoms with van der Waals surface area (Å²) in [6.07, 6.45) is 0.199. The fraction of sp³-hybridized carbons (Fsp3) is 0.455. The Bertz CT molecular complexity index is 288. The van der Waals surface area contributed by atoms with Gasteiger partial charge in [0.1, 0.15) is 5.75 Å². The first kappa shape index (κ1) is 11.3. The predicted molar refractivity (Wildman–Crippen MR) is 59.6 cm³/mol. The van der Waals surface area contributed by atoms with Crippen LogP contribution in [0.3, 0.4) is 0 Å². The summed E-state index contributed by atoms with van der Waals surface area (Å²) in [4.78, 5) is 2.68. The lowest BCUT2D eigenvalue weighted by atomic mass is 10.1. The van der Waals surface area contributed by atoms with E-state index in [4.69, 9.17) is 16.5 Å². The van der Waals surface area contributed by atoms with E-state index in [-0.39, 0.29) is 12.1 Å². The van der Waals surface area contributed by atoms with Crippen LogP contribution in [-0.2, 0) is 0 Å². The van der Waals surface area contributed by atoms with Crippen LogP contribution in [0.2, 0.25) is 0 Å². The second-order valence-corrected chi connectivity index (χ2v) is 3.79. The maximum Gasteiger partial charge on any atom is 0.120 e. The molecule has 1 N–H and O–H groups in total. The topological polar surface area (TPSA) is 21.3 Å². The molecule has 1 aromatic carbocycles. The molecule has 1 unspecified atom stereocenters. The van der Waals surface area contributed by atoms with E-state index >= 15 is 0 Å². The van der Waals surface area contributed by atoms with E-state index in [0.29, 0.717) is 0 Å². The molecule has 1 rings (SSSR count). The molecule has 14 heavy (non-hydrogen) atoms. The number of halogens is 1. The van der Waals surface area contributed by atoms with Gasteiger partial charge in [0.15, 0.2) is 0 Å². The maximum atomic E-state index is 5.58. The van der Waals surface area contributed by atoms with Gasteiger partial charge in [-0.15, -0.1) is 0 Å². The second kappa shape index (κ2) is 5.23. The molecule has 1 aromatic rings. The summed E-state index contributed by atoms with van der Waals surface area (Å²) < 4.78 is 5.58. The Hall–Kier alpha value is -0.730. The molecule has 0 amide bonds. The van der Waals surface area contributed by atoms with Crippen molar-refractivity contribution in [2.45, 2.75) is 32.9 Å². The Morgan fingerprint density at radius 2 is 2.00 bits per heavy atom. The highest BCUT2D eigenvalue weighted by Gasteiger charge is 2.05. The molecule has 0 spiro atoms. The molecule has 0 bridgehead atoms. The van der Waals surface area contributed by atoms with E-state index in [2.05, 4.69) is 4.84 Å². The van der Waals surface area contributed by atoms with Gasteiger partial charge >= 0.3 is 0 Å². The first-order valence-electron chi connectivity index (χ1n) is 4.76. The Labute approximate surface area is 90.3 Å². The van der Waals surface area contributed by atoms with Crippen molar-refractivity contribution < 1.29 is 4.74 Å². The maximum absolute atomic E-state index is 5.58. The van der Waals surface area contributed by atoms with E-state index in [1.165, 1.54) is 0 Å². The van der Waals surface area contributed by atoms with Crippen LogP contribution in [0.25, 0.3) is 0 Å². The van der Waals surface area contributed by atoms with Gasteiger partial charge in [-0.3, -0.25) is 0 Å². The Morgan fingerprint density at radius 3 is 2.57 bits per heavy atom. The van der Waals surface area contributed by atoms with Gasteiger partial charge in [0.05, 0.1) is 6.10 Å². The molecule has 0 saturated carbocycles. The zero-order valence-corrected chi connectivity index (χ0v) is 9.51. The third-order valence-electron chi connectivity index (χ3n) is 1.89. The fourth-order valence-electron chi connectivity index (χ4n) is 1.19. The van der Waals surface area contributed by atoms with Crippen molar-refractivity contribution in [1.82, 2.24) is 4.84 Å². The first-order chi connectivity index (χ1) is 6.63. The van der Waals surface area contributed by atoms with Gasteiger partial charge in [0, 0.05) is 6.04 Å². The molecule has 3 heteroatoms. The SMILES string of the molecule is CC(C)Oc1cccc(C(C)NCl)c1. The monoisotopic (exact) mass is 213 g/mol. The number of ether oxygens (including phenoxy) is 1. The quantitative estimate of drug-likeness (QED) is 0.776. The molecule has 2 nitrogen and oxygen atoms in total. The minimum absolute atomic E-state index is 0.132. The molecule has 1 atom stereocenters. The average Bonchev–Trinajstić information content (AvgIpc) is 2.16. The standard InChI is InChI=1S/C11H16ClNO/c1-8(2)14-11-6-4-5-10(7-11)9(3)13-12/h4-9,13H,1-3H3. The lowest BCUT2D eigenvalue weighted by Gasteiger charge is -2.13. The van der Waals surface area contributed by atoms with Crippen LogP contribution in [0.5, 0.6) is 5.75 Å². The van der Waals surface area contributed by atoms with E-state index in [1.807, 2.05) is 45.0 Å². The summed E-state index contributed by atoms with van der Waals surface area (Å²) >= 11 is 5.55. The summed E-state index contributed by atoms with van der Waals surface area (Å²) in [5.74, 6) is 0.885. The van der Waals surface area contributed by atoms with Crippen LogP contribution in [0.4, 0.5) is 0 Å². The van der Waals surface area contributed by atoms with Gasteiger partial charge in [0.2, 0.25) is 0 Å². The van der Waals surface area contributed by atoms with E-state index in [0.717, 1.165) is 11.3 Å². The lowest BCUT2D eigenvalue weighted by molar-refractivity contribution is 0.242. The number of nitrogens with one attached hydrogen (secondary N) is 1. The first-order valence-corrected chi connectivity index (χ1v) is 5.14. The smallest absolute Gasteiger partial charge is 0.120 e. The molecule has 0 aromatic heterocycles. The van der Waals surface area contributed by atoms with Crippen LogP contribution >= 0.6 is 11.8 Å². The number of hydrogen-bond donors (Lipinski definition) is 1.